The number of carbonyl (C=O) groups excluding carboxylic acids is 1. The summed E-state index contributed by atoms with van der Waals surface area (Å²) in [5, 5.41) is 21.2. The maximum absolute atomic E-state index is 12.3. The lowest BCUT2D eigenvalue weighted by Crippen LogP contribution is -2.43. The van der Waals surface area contributed by atoms with E-state index in [-0.39, 0.29) is 18.0 Å². The lowest BCUT2D eigenvalue weighted by atomic mass is 9.96. The van der Waals surface area contributed by atoms with Crippen LogP contribution in [0, 0.1) is 17.2 Å². The van der Waals surface area contributed by atoms with Crippen LogP contribution in [0.2, 0.25) is 0 Å². The molecule has 1 atom stereocenters. The molecule has 1 unspecified atom stereocenters. The number of hydrogen-bond donors (Lipinski definition) is 2. The third-order valence-corrected chi connectivity index (χ3v) is 3.56. The van der Waals surface area contributed by atoms with Gasteiger partial charge in [0.25, 0.3) is 5.91 Å². The molecule has 0 aliphatic carbocycles. The number of nitrogens with zero attached hydrogens (tertiary/aromatic N) is 2. The quantitative estimate of drug-likeness (QED) is 0.585. The van der Waals surface area contributed by atoms with Crippen molar-refractivity contribution in [3.8, 4) is 6.07 Å². The lowest BCUT2D eigenvalue weighted by Gasteiger charge is -2.31. The summed E-state index contributed by atoms with van der Waals surface area (Å²) in [5.74, 6) is -1.81. The molecule has 1 rings (SSSR count). The van der Waals surface area contributed by atoms with Crippen LogP contribution in [0.15, 0.2) is 11.6 Å². The highest BCUT2D eigenvalue weighted by molar-refractivity contribution is 5.97. The minimum absolute atomic E-state index is 0.0513. The molecule has 0 radical (unpaired) electrons. The monoisotopic (exact) mass is 279 g/mol. The Bertz CT molecular complexity index is 463. The number of nitriles is 1. The molecule has 1 aliphatic heterocycles. The molecule has 20 heavy (non-hydrogen) atoms. The molecule has 1 heterocycles. The molecular formula is C14H21N3O3. The molecule has 0 bridgehead atoms. The van der Waals surface area contributed by atoms with Crippen molar-refractivity contribution in [2.24, 2.45) is 5.92 Å². The second-order valence-corrected chi connectivity index (χ2v) is 5.57. The first-order chi connectivity index (χ1) is 9.30. The zero-order valence-electron chi connectivity index (χ0n) is 12.1. The maximum atomic E-state index is 12.3. The largest absolute Gasteiger partial charge is 0.481 e. The Kier molecular flexibility index (Phi) is 5.28. The third-order valence-electron chi connectivity index (χ3n) is 3.56. The van der Waals surface area contributed by atoms with E-state index in [1.54, 1.807) is 13.1 Å². The molecular weight excluding hydrogens is 258 g/mol. The first-order valence-electron chi connectivity index (χ1n) is 6.64. The molecule has 0 aromatic carbocycles. The number of amides is 1. The summed E-state index contributed by atoms with van der Waals surface area (Å²) in [6.45, 7) is 4.39. The van der Waals surface area contributed by atoms with Crippen molar-refractivity contribution in [2.45, 2.75) is 32.2 Å². The number of aliphatic carboxylic acids is 1. The van der Waals surface area contributed by atoms with E-state index in [4.69, 9.17) is 10.4 Å². The average molecular weight is 279 g/mol. The normalized spacial score (nSPS) is 20.4. The highest BCUT2D eigenvalue weighted by Gasteiger charge is 2.30. The fourth-order valence-electron chi connectivity index (χ4n) is 2.11. The smallest absolute Gasteiger partial charge is 0.308 e. The van der Waals surface area contributed by atoms with Crippen LogP contribution in [-0.2, 0) is 9.59 Å². The predicted octanol–water partition coefficient (Wildman–Crippen LogP) is 0.758. The second-order valence-electron chi connectivity index (χ2n) is 5.57. The summed E-state index contributed by atoms with van der Waals surface area (Å²) in [6, 6.07) is 1.92. The van der Waals surface area contributed by atoms with Gasteiger partial charge in [-0.1, -0.05) is 0 Å². The topological polar surface area (TPSA) is 93.4 Å². The molecule has 1 fully saturated rings. The van der Waals surface area contributed by atoms with Crippen LogP contribution in [0.4, 0.5) is 0 Å². The molecule has 6 nitrogen and oxygen atoms in total. The highest BCUT2D eigenvalue weighted by atomic mass is 16.4. The van der Waals surface area contributed by atoms with E-state index < -0.39 is 17.4 Å². The van der Waals surface area contributed by atoms with E-state index in [0.29, 0.717) is 19.4 Å². The highest BCUT2D eigenvalue weighted by Crippen LogP contribution is 2.19. The van der Waals surface area contributed by atoms with Gasteiger partial charge < -0.3 is 15.3 Å². The molecule has 0 aromatic heterocycles. The Balaban J connectivity index is 2.87. The van der Waals surface area contributed by atoms with Crippen LogP contribution in [0.25, 0.3) is 0 Å². The van der Waals surface area contributed by atoms with E-state index >= 15 is 0 Å². The molecule has 1 aliphatic rings. The zero-order valence-corrected chi connectivity index (χ0v) is 12.1. The summed E-state index contributed by atoms with van der Waals surface area (Å²) in [5.41, 5.74) is -0.418. The van der Waals surface area contributed by atoms with Crippen molar-refractivity contribution in [2.75, 3.05) is 20.1 Å². The van der Waals surface area contributed by atoms with Crippen molar-refractivity contribution < 1.29 is 14.7 Å². The van der Waals surface area contributed by atoms with Crippen LogP contribution in [-0.4, -0.2) is 47.6 Å². The van der Waals surface area contributed by atoms with E-state index in [1.807, 2.05) is 19.9 Å². The first-order valence-corrected chi connectivity index (χ1v) is 6.64. The minimum atomic E-state index is -0.888. The first kappa shape index (κ1) is 16.2. The summed E-state index contributed by atoms with van der Waals surface area (Å²) in [6.07, 6.45) is 2.81. The Morgan fingerprint density at radius 2 is 2.15 bits per heavy atom. The molecule has 1 saturated heterocycles. The summed E-state index contributed by atoms with van der Waals surface area (Å²) < 4.78 is 0. The number of hydrogen-bond acceptors (Lipinski definition) is 4. The number of nitrogens with one attached hydrogen (secondary N) is 1. The fourth-order valence-corrected chi connectivity index (χ4v) is 2.11. The van der Waals surface area contributed by atoms with Crippen molar-refractivity contribution in [1.29, 1.82) is 5.26 Å². The van der Waals surface area contributed by atoms with Crippen molar-refractivity contribution in [1.82, 2.24) is 10.2 Å². The molecule has 2 N–H and O–H groups in total. The molecule has 110 valence electrons. The third kappa shape index (κ3) is 4.07. The number of likely N-dealkylation sites (tertiary alicyclic amines) is 1. The number of rotatable bonds is 4. The van der Waals surface area contributed by atoms with E-state index in [9.17, 15) is 9.59 Å². The Morgan fingerprint density at radius 1 is 1.50 bits per heavy atom. The van der Waals surface area contributed by atoms with Crippen LogP contribution >= 0.6 is 0 Å². The van der Waals surface area contributed by atoms with Crippen molar-refractivity contribution >= 4 is 11.9 Å². The molecule has 1 amide bonds. The average Bonchev–Trinajstić information content (AvgIpc) is 2.44. The van der Waals surface area contributed by atoms with Gasteiger partial charge in [-0.25, -0.2) is 0 Å². The van der Waals surface area contributed by atoms with Gasteiger partial charge in [-0.3, -0.25) is 9.59 Å². The Morgan fingerprint density at radius 3 is 2.65 bits per heavy atom. The molecule has 6 heteroatoms. The standard InChI is InChI=1S/C14H21N3O3/c1-14(2,16-3)7-11(8-15)12(18)17-6-4-5-10(9-17)13(19)20/h7,10,16H,4-6,9H2,1-3H3,(H,19,20). The van der Waals surface area contributed by atoms with E-state index in [2.05, 4.69) is 5.32 Å². The second kappa shape index (κ2) is 6.53. The predicted molar refractivity (Wildman–Crippen MR) is 73.8 cm³/mol. The van der Waals surface area contributed by atoms with Gasteiger partial charge in [-0.05, 0) is 39.8 Å². The fraction of sp³-hybridized carbons (Fsp3) is 0.643. The number of piperidine rings is 1. The van der Waals surface area contributed by atoms with Gasteiger partial charge in [0.2, 0.25) is 0 Å². The van der Waals surface area contributed by atoms with Crippen molar-refractivity contribution in [3.63, 3.8) is 0 Å². The van der Waals surface area contributed by atoms with Gasteiger partial charge in [-0.2, -0.15) is 5.26 Å². The van der Waals surface area contributed by atoms with Crippen LogP contribution in [0.3, 0.4) is 0 Å². The van der Waals surface area contributed by atoms with Crippen LogP contribution in [0.5, 0.6) is 0 Å². The van der Waals surface area contributed by atoms with Gasteiger partial charge >= 0.3 is 5.97 Å². The van der Waals surface area contributed by atoms with E-state index in [0.717, 1.165) is 0 Å². The number of carboxylic acids is 1. The van der Waals surface area contributed by atoms with E-state index in [1.165, 1.54) is 4.90 Å². The summed E-state index contributed by atoms with van der Waals surface area (Å²) in [7, 11) is 1.75. The number of likely N-dealkylation sites (N-methyl/N-ethyl adjacent to an activating group) is 1. The molecule has 0 aromatic rings. The van der Waals surface area contributed by atoms with Gasteiger partial charge in [0.05, 0.1) is 5.92 Å². The molecule has 0 spiro atoms. The Labute approximate surface area is 119 Å². The number of carbonyl (C=O) groups is 2. The van der Waals surface area contributed by atoms with Gasteiger partial charge in [0.15, 0.2) is 0 Å². The summed E-state index contributed by atoms with van der Waals surface area (Å²) in [4.78, 5) is 24.8. The van der Waals surface area contributed by atoms with Crippen LogP contribution in [0.1, 0.15) is 26.7 Å². The SMILES string of the molecule is CNC(C)(C)C=C(C#N)C(=O)N1CCCC(C(=O)O)C1. The summed E-state index contributed by atoms with van der Waals surface area (Å²) >= 11 is 0. The van der Waals surface area contributed by atoms with Gasteiger partial charge in [0.1, 0.15) is 11.6 Å². The van der Waals surface area contributed by atoms with Crippen molar-refractivity contribution in [3.05, 3.63) is 11.6 Å². The van der Waals surface area contributed by atoms with Crippen LogP contribution < -0.4 is 5.32 Å². The Hall–Kier alpha value is -1.87. The maximum Gasteiger partial charge on any atom is 0.308 e. The molecule has 0 saturated carbocycles. The van der Waals surface area contributed by atoms with Gasteiger partial charge in [0, 0.05) is 18.6 Å². The minimum Gasteiger partial charge on any atom is -0.481 e. The van der Waals surface area contributed by atoms with Gasteiger partial charge in [-0.15, -0.1) is 0 Å². The zero-order chi connectivity index (χ0) is 15.3. The lowest BCUT2D eigenvalue weighted by molar-refractivity contribution is -0.145. The number of carboxylic acid groups (broad SMARTS) is 1.